The number of pyridine rings is 1. The van der Waals surface area contributed by atoms with Gasteiger partial charge in [0.2, 0.25) is 5.91 Å². The van der Waals surface area contributed by atoms with Gasteiger partial charge in [0.25, 0.3) is 0 Å². The molecule has 1 heterocycles. The Labute approximate surface area is 112 Å². The van der Waals surface area contributed by atoms with Gasteiger partial charge in [-0.15, -0.1) is 0 Å². The lowest BCUT2D eigenvalue weighted by Crippen LogP contribution is -2.27. The Bertz CT molecular complexity index is 346. The first-order valence-electron chi connectivity index (χ1n) is 6.31. The molecule has 2 N–H and O–H groups in total. The molecule has 0 aliphatic heterocycles. The summed E-state index contributed by atoms with van der Waals surface area (Å²) >= 11 is 0. The van der Waals surface area contributed by atoms with Crippen LogP contribution in [0.5, 0.6) is 5.75 Å². The standard InChI is InChI=1S/C13H20N2O4/c16-7-10-18-9-6-15-13(17)4-2-8-19-12-3-1-5-14-11-12/h1,3,5,11,16H,2,4,6-10H2,(H,15,17). The fourth-order valence-electron chi connectivity index (χ4n) is 1.37. The average Bonchev–Trinajstić information content (AvgIpc) is 2.44. The number of aliphatic hydroxyl groups is 1. The zero-order valence-electron chi connectivity index (χ0n) is 10.9. The van der Waals surface area contributed by atoms with Gasteiger partial charge in [0.1, 0.15) is 5.75 Å². The lowest BCUT2D eigenvalue weighted by atomic mass is 10.3. The van der Waals surface area contributed by atoms with Crippen LogP contribution in [0.1, 0.15) is 12.8 Å². The van der Waals surface area contributed by atoms with E-state index in [1.54, 1.807) is 18.5 Å². The number of carbonyl (C=O) groups is 1. The monoisotopic (exact) mass is 268 g/mol. The molecule has 1 amide bonds. The van der Waals surface area contributed by atoms with Crippen LogP contribution in [0.3, 0.4) is 0 Å². The highest BCUT2D eigenvalue weighted by Crippen LogP contribution is 2.06. The molecule has 0 saturated heterocycles. The van der Waals surface area contributed by atoms with E-state index in [-0.39, 0.29) is 12.5 Å². The molecule has 19 heavy (non-hydrogen) atoms. The number of nitrogens with zero attached hydrogens (tertiary/aromatic N) is 1. The van der Waals surface area contributed by atoms with Gasteiger partial charge in [-0.1, -0.05) is 0 Å². The van der Waals surface area contributed by atoms with E-state index in [1.165, 1.54) is 0 Å². The van der Waals surface area contributed by atoms with Gasteiger partial charge in [0.15, 0.2) is 0 Å². The van der Waals surface area contributed by atoms with Crippen LogP contribution in [0.4, 0.5) is 0 Å². The largest absolute Gasteiger partial charge is 0.492 e. The quantitative estimate of drug-likeness (QED) is 0.599. The van der Waals surface area contributed by atoms with Crippen LogP contribution in [0, 0.1) is 0 Å². The Morgan fingerprint density at radius 3 is 3.00 bits per heavy atom. The van der Waals surface area contributed by atoms with Crippen molar-refractivity contribution in [3.05, 3.63) is 24.5 Å². The zero-order valence-corrected chi connectivity index (χ0v) is 10.9. The number of nitrogens with one attached hydrogen (secondary N) is 1. The van der Waals surface area contributed by atoms with Crippen LogP contribution in [0.2, 0.25) is 0 Å². The number of aromatic nitrogens is 1. The maximum Gasteiger partial charge on any atom is 0.220 e. The van der Waals surface area contributed by atoms with Crippen molar-refractivity contribution in [2.75, 3.05) is 33.0 Å². The fourth-order valence-corrected chi connectivity index (χ4v) is 1.37. The van der Waals surface area contributed by atoms with Gasteiger partial charge >= 0.3 is 0 Å². The summed E-state index contributed by atoms with van der Waals surface area (Å²) in [6.07, 6.45) is 4.39. The predicted molar refractivity (Wildman–Crippen MR) is 69.9 cm³/mol. The van der Waals surface area contributed by atoms with Crippen LogP contribution < -0.4 is 10.1 Å². The van der Waals surface area contributed by atoms with E-state index in [0.717, 1.165) is 0 Å². The summed E-state index contributed by atoms with van der Waals surface area (Å²) in [6.45, 7) is 1.66. The number of aliphatic hydroxyl groups excluding tert-OH is 1. The van der Waals surface area contributed by atoms with Crippen LogP contribution in [0.25, 0.3) is 0 Å². The van der Waals surface area contributed by atoms with Crippen LogP contribution in [-0.2, 0) is 9.53 Å². The second-order valence-electron chi connectivity index (χ2n) is 3.83. The first-order chi connectivity index (χ1) is 9.33. The van der Waals surface area contributed by atoms with Gasteiger partial charge in [-0.2, -0.15) is 0 Å². The van der Waals surface area contributed by atoms with Crippen molar-refractivity contribution >= 4 is 5.91 Å². The predicted octanol–water partition coefficient (Wildman–Crippen LogP) is 0.366. The summed E-state index contributed by atoms with van der Waals surface area (Å²) in [5.74, 6) is 0.683. The molecule has 0 aliphatic carbocycles. The fraction of sp³-hybridized carbons (Fsp3) is 0.538. The first kappa shape index (κ1) is 15.4. The number of carbonyl (C=O) groups excluding carboxylic acids is 1. The SMILES string of the molecule is O=C(CCCOc1cccnc1)NCCOCCO. The normalized spacial score (nSPS) is 10.2. The maximum atomic E-state index is 11.4. The summed E-state index contributed by atoms with van der Waals surface area (Å²) in [7, 11) is 0. The number of hydrogen-bond acceptors (Lipinski definition) is 5. The molecular formula is C13H20N2O4. The van der Waals surface area contributed by atoms with Crippen molar-refractivity contribution in [2.45, 2.75) is 12.8 Å². The molecule has 1 aromatic heterocycles. The number of hydrogen-bond donors (Lipinski definition) is 2. The third-order valence-corrected chi connectivity index (χ3v) is 2.26. The number of ether oxygens (including phenoxy) is 2. The third kappa shape index (κ3) is 8.12. The van der Waals surface area contributed by atoms with E-state index in [2.05, 4.69) is 10.3 Å². The minimum atomic E-state index is -0.0256. The molecule has 0 bridgehead atoms. The Hall–Kier alpha value is -1.66. The Kier molecular flexibility index (Phi) is 8.33. The van der Waals surface area contributed by atoms with Crippen LogP contribution in [0.15, 0.2) is 24.5 Å². The summed E-state index contributed by atoms with van der Waals surface area (Å²) in [6, 6.07) is 3.62. The molecule has 0 aromatic carbocycles. The second kappa shape index (κ2) is 10.3. The maximum absolute atomic E-state index is 11.4. The molecular weight excluding hydrogens is 248 g/mol. The molecule has 0 atom stereocenters. The first-order valence-corrected chi connectivity index (χ1v) is 6.31. The number of amides is 1. The van der Waals surface area contributed by atoms with Gasteiger partial charge < -0.3 is 19.9 Å². The van der Waals surface area contributed by atoms with Crippen molar-refractivity contribution in [3.63, 3.8) is 0 Å². The topological polar surface area (TPSA) is 80.7 Å². The minimum Gasteiger partial charge on any atom is -0.492 e. The molecule has 106 valence electrons. The Morgan fingerprint density at radius 2 is 2.26 bits per heavy atom. The van der Waals surface area contributed by atoms with Crippen molar-refractivity contribution in [3.8, 4) is 5.75 Å². The molecule has 1 aromatic rings. The van der Waals surface area contributed by atoms with Gasteiger partial charge in [-0.05, 0) is 18.6 Å². The zero-order chi connectivity index (χ0) is 13.8. The highest BCUT2D eigenvalue weighted by molar-refractivity contribution is 5.75. The molecule has 6 nitrogen and oxygen atoms in total. The third-order valence-electron chi connectivity index (χ3n) is 2.26. The molecule has 0 fully saturated rings. The van der Waals surface area contributed by atoms with E-state index >= 15 is 0 Å². The van der Waals surface area contributed by atoms with Gasteiger partial charge in [0.05, 0.1) is 32.6 Å². The molecule has 0 unspecified atom stereocenters. The van der Waals surface area contributed by atoms with Crippen molar-refractivity contribution in [1.29, 1.82) is 0 Å². The van der Waals surface area contributed by atoms with E-state index in [1.807, 2.05) is 6.07 Å². The summed E-state index contributed by atoms with van der Waals surface area (Å²) in [5.41, 5.74) is 0. The Morgan fingerprint density at radius 1 is 1.37 bits per heavy atom. The lowest BCUT2D eigenvalue weighted by Gasteiger charge is -2.07. The lowest BCUT2D eigenvalue weighted by molar-refractivity contribution is -0.121. The highest BCUT2D eigenvalue weighted by Gasteiger charge is 2.01. The minimum absolute atomic E-state index is 0.000369. The second-order valence-corrected chi connectivity index (χ2v) is 3.83. The van der Waals surface area contributed by atoms with E-state index < -0.39 is 0 Å². The molecule has 0 spiro atoms. The molecule has 1 rings (SSSR count). The van der Waals surface area contributed by atoms with Crippen LogP contribution in [-0.4, -0.2) is 49.0 Å². The van der Waals surface area contributed by atoms with Gasteiger partial charge in [-0.3, -0.25) is 9.78 Å². The highest BCUT2D eigenvalue weighted by atomic mass is 16.5. The summed E-state index contributed by atoms with van der Waals surface area (Å²) in [4.78, 5) is 15.3. The van der Waals surface area contributed by atoms with Gasteiger partial charge in [-0.25, -0.2) is 0 Å². The van der Waals surface area contributed by atoms with Crippen molar-refractivity contribution in [1.82, 2.24) is 10.3 Å². The van der Waals surface area contributed by atoms with Gasteiger partial charge in [0, 0.05) is 19.2 Å². The van der Waals surface area contributed by atoms with E-state index in [9.17, 15) is 4.79 Å². The van der Waals surface area contributed by atoms with Crippen molar-refractivity contribution < 1.29 is 19.4 Å². The van der Waals surface area contributed by atoms with E-state index in [4.69, 9.17) is 14.6 Å². The smallest absolute Gasteiger partial charge is 0.220 e. The van der Waals surface area contributed by atoms with Crippen molar-refractivity contribution in [2.24, 2.45) is 0 Å². The summed E-state index contributed by atoms with van der Waals surface area (Å²) < 4.78 is 10.4. The number of rotatable bonds is 10. The Balaban J connectivity index is 1.95. The van der Waals surface area contributed by atoms with Crippen LogP contribution >= 0.6 is 0 Å². The molecule has 0 saturated carbocycles. The molecule has 0 radical (unpaired) electrons. The molecule has 0 aliphatic rings. The average molecular weight is 268 g/mol. The summed E-state index contributed by atoms with van der Waals surface area (Å²) in [5, 5.41) is 11.2. The van der Waals surface area contributed by atoms with E-state index in [0.29, 0.717) is 45.0 Å². The molecule has 6 heteroatoms.